The Morgan fingerprint density at radius 2 is 2.00 bits per heavy atom. The van der Waals surface area contributed by atoms with E-state index in [2.05, 4.69) is 44.8 Å². The Morgan fingerprint density at radius 3 is 2.50 bits per heavy atom. The molecule has 0 fully saturated rings. The smallest absolute Gasteiger partial charge is 0.318 e. The lowest BCUT2D eigenvalue weighted by Crippen LogP contribution is -2.44. The largest absolute Gasteiger partial charge is 0.335 e. The lowest BCUT2D eigenvalue weighted by Gasteiger charge is -2.33. The molecule has 0 unspecified atom stereocenters. The molecule has 1 atom stereocenters. The van der Waals surface area contributed by atoms with Crippen LogP contribution in [0.5, 0.6) is 0 Å². The summed E-state index contributed by atoms with van der Waals surface area (Å²) in [5.74, 6) is 0.433. The van der Waals surface area contributed by atoms with Crippen molar-refractivity contribution in [3.63, 3.8) is 0 Å². The highest BCUT2D eigenvalue weighted by molar-refractivity contribution is 5.75. The number of benzene rings is 1. The van der Waals surface area contributed by atoms with Gasteiger partial charge in [-0.25, -0.2) is 4.79 Å². The van der Waals surface area contributed by atoms with Gasteiger partial charge in [-0.3, -0.25) is 0 Å². The summed E-state index contributed by atoms with van der Waals surface area (Å²) in [7, 11) is 0. The highest BCUT2D eigenvalue weighted by Crippen LogP contribution is 2.25. The molecule has 3 heteroatoms. The van der Waals surface area contributed by atoms with Crippen LogP contribution in [0.25, 0.3) is 0 Å². The predicted octanol–water partition coefficient (Wildman–Crippen LogP) is 3.99. The lowest BCUT2D eigenvalue weighted by molar-refractivity contribution is 0.164. The minimum atomic E-state index is -0.0192. The second-order valence-electron chi connectivity index (χ2n) is 5.36. The molecule has 3 nitrogen and oxygen atoms in total. The molecule has 0 heterocycles. The fourth-order valence-corrected chi connectivity index (χ4v) is 2.32. The fourth-order valence-electron chi connectivity index (χ4n) is 2.32. The summed E-state index contributed by atoms with van der Waals surface area (Å²) in [4.78, 5) is 14.3. The van der Waals surface area contributed by atoms with E-state index in [0.29, 0.717) is 12.5 Å². The first-order valence-electron chi connectivity index (χ1n) is 7.30. The zero-order valence-corrected chi connectivity index (χ0v) is 12.8. The molecule has 0 bridgehead atoms. The summed E-state index contributed by atoms with van der Waals surface area (Å²) in [6.07, 6.45) is 2.60. The van der Waals surface area contributed by atoms with Crippen molar-refractivity contribution in [3.05, 3.63) is 48.6 Å². The van der Waals surface area contributed by atoms with Gasteiger partial charge in [0, 0.05) is 13.1 Å². The maximum atomic E-state index is 12.4. The lowest BCUT2D eigenvalue weighted by atomic mass is 10.0. The molecule has 1 aromatic rings. The number of carbonyl (C=O) groups is 1. The topological polar surface area (TPSA) is 32.3 Å². The highest BCUT2D eigenvalue weighted by Gasteiger charge is 2.23. The van der Waals surface area contributed by atoms with Gasteiger partial charge in [0.2, 0.25) is 0 Å². The maximum absolute atomic E-state index is 12.4. The molecular weight excluding hydrogens is 248 g/mol. The molecule has 0 aliphatic rings. The van der Waals surface area contributed by atoms with Gasteiger partial charge in [0.15, 0.2) is 0 Å². The summed E-state index contributed by atoms with van der Waals surface area (Å²) in [6.45, 7) is 11.3. The van der Waals surface area contributed by atoms with E-state index < -0.39 is 0 Å². The maximum Gasteiger partial charge on any atom is 0.318 e. The zero-order valence-electron chi connectivity index (χ0n) is 12.8. The molecule has 20 heavy (non-hydrogen) atoms. The van der Waals surface area contributed by atoms with E-state index in [4.69, 9.17) is 0 Å². The fraction of sp³-hybridized carbons (Fsp3) is 0.471. The quantitative estimate of drug-likeness (QED) is 0.749. The number of nitrogens with zero attached hydrogens (tertiary/aromatic N) is 1. The van der Waals surface area contributed by atoms with E-state index in [1.165, 1.54) is 5.56 Å². The number of carbonyl (C=O) groups excluding carboxylic acids is 1. The second kappa shape index (κ2) is 8.41. The number of urea groups is 1. The summed E-state index contributed by atoms with van der Waals surface area (Å²) < 4.78 is 0. The van der Waals surface area contributed by atoms with Gasteiger partial charge < -0.3 is 10.2 Å². The number of rotatable bonds is 7. The summed E-state index contributed by atoms with van der Waals surface area (Å²) in [5, 5.41) is 2.89. The van der Waals surface area contributed by atoms with Crippen molar-refractivity contribution in [1.29, 1.82) is 0 Å². The molecule has 0 saturated carbocycles. The molecule has 0 spiro atoms. The minimum Gasteiger partial charge on any atom is -0.335 e. The summed E-state index contributed by atoms with van der Waals surface area (Å²) in [6, 6.07) is 10.3. The molecule has 0 aliphatic carbocycles. The van der Waals surface area contributed by atoms with E-state index in [0.717, 1.165) is 13.0 Å². The standard InChI is InChI=1S/C17H26N2O/c1-5-12-18-17(20)19(13-14(3)4)16(6-2)15-10-8-7-9-11-15/h5,7-11,14,16H,1,6,12-13H2,2-4H3,(H,18,20)/t16-/m1/s1. The Hall–Kier alpha value is -1.77. The Labute approximate surface area is 122 Å². The third-order valence-corrected chi connectivity index (χ3v) is 3.17. The van der Waals surface area contributed by atoms with Crippen molar-refractivity contribution in [2.75, 3.05) is 13.1 Å². The first-order valence-corrected chi connectivity index (χ1v) is 7.30. The average molecular weight is 274 g/mol. The SMILES string of the molecule is C=CCNC(=O)N(CC(C)C)[C@H](CC)c1ccccc1. The predicted molar refractivity (Wildman–Crippen MR) is 84.6 cm³/mol. The van der Waals surface area contributed by atoms with Crippen molar-refractivity contribution in [3.8, 4) is 0 Å². The summed E-state index contributed by atoms with van der Waals surface area (Å²) >= 11 is 0. The Balaban J connectivity index is 2.94. The van der Waals surface area contributed by atoms with Crippen molar-refractivity contribution in [2.45, 2.75) is 33.2 Å². The minimum absolute atomic E-state index is 0.0192. The van der Waals surface area contributed by atoms with Crippen LogP contribution in [0.4, 0.5) is 4.79 Å². The van der Waals surface area contributed by atoms with Gasteiger partial charge in [-0.05, 0) is 17.9 Å². The van der Waals surface area contributed by atoms with Crippen molar-refractivity contribution < 1.29 is 4.79 Å². The Kier molecular flexibility index (Phi) is 6.85. The van der Waals surface area contributed by atoms with Crippen molar-refractivity contribution in [1.82, 2.24) is 10.2 Å². The molecule has 1 rings (SSSR count). The van der Waals surface area contributed by atoms with Crippen molar-refractivity contribution >= 4 is 6.03 Å². The Bertz CT molecular complexity index is 414. The average Bonchev–Trinajstić information content (AvgIpc) is 2.45. The van der Waals surface area contributed by atoms with Crippen LogP contribution >= 0.6 is 0 Å². The number of amides is 2. The van der Waals surface area contributed by atoms with Gasteiger partial charge in [-0.1, -0.05) is 57.2 Å². The molecule has 0 saturated heterocycles. The molecule has 2 amide bonds. The van der Waals surface area contributed by atoms with Crippen LogP contribution in [0.3, 0.4) is 0 Å². The molecular formula is C17H26N2O. The van der Waals surface area contributed by atoms with E-state index in [1.807, 2.05) is 23.1 Å². The van der Waals surface area contributed by atoms with Gasteiger partial charge in [-0.15, -0.1) is 6.58 Å². The van der Waals surface area contributed by atoms with E-state index in [1.54, 1.807) is 6.08 Å². The monoisotopic (exact) mass is 274 g/mol. The normalized spacial score (nSPS) is 12.0. The Morgan fingerprint density at radius 1 is 1.35 bits per heavy atom. The van der Waals surface area contributed by atoms with Crippen molar-refractivity contribution in [2.24, 2.45) is 5.92 Å². The van der Waals surface area contributed by atoms with E-state index in [9.17, 15) is 4.79 Å². The van der Waals surface area contributed by atoms with E-state index >= 15 is 0 Å². The van der Waals surface area contributed by atoms with Gasteiger partial charge in [0.05, 0.1) is 6.04 Å². The van der Waals surface area contributed by atoms with Gasteiger partial charge in [0.1, 0.15) is 0 Å². The third-order valence-electron chi connectivity index (χ3n) is 3.17. The molecule has 110 valence electrons. The van der Waals surface area contributed by atoms with Gasteiger partial charge >= 0.3 is 6.03 Å². The highest BCUT2D eigenvalue weighted by atomic mass is 16.2. The van der Waals surface area contributed by atoms with Crippen LogP contribution in [0.15, 0.2) is 43.0 Å². The molecule has 1 aromatic carbocycles. The second-order valence-corrected chi connectivity index (χ2v) is 5.36. The van der Waals surface area contributed by atoms with Crippen LogP contribution in [-0.2, 0) is 0 Å². The van der Waals surface area contributed by atoms with Gasteiger partial charge in [-0.2, -0.15) is 0 Å². The summed E-state index contributed by atoms with van der Waals surface area (Å²) in [5.41, 5.74) is 1.18. The molecule has 0 radical (unpaired) electrons. The molecule has 1 N–H and O–H groups in total. The molecule has 0 aliphatic heterocycles. The van der Waals surface area contributed by atoms with Crippen LogP contribution in [0.1, 0.15) is 38.8 Å². The van der Waals surface area contributed by atoms with E-state index in [-0.39, 0.29) is 12.1 Å². The van der Waals surface area contributed by atoms with Crippen LogP contribution in [0, 0.1) is 5.92 Å². The van der Waals surface area contributed by atoms with Gasteiger partial charge in [0.25, 0.3) is 0 Å². The third kappa shape index (κ3) is 4.72. The first kappa shape index (κ1) is 16.3. The number of hydrogen-bond acceptors (Lipinski definition) is 1. The number of hydrogen-bond donors (Lipinski definition) is 1. The van der Waals surface area contributed by atoms with Crippen LogP contribution < -0.4 is 5.32 Å². The first-order chi connectivity index (χ1) is 9.60. The zero-order chi connectivity index (χ0) is 15.0. The van der Waals surface area contributed by atoms with Crippen LogP contribution in [-0.4, -0.2) is 24.0 Å². The number of nitrogens with one attached hydrogen (secondary N) is 1. The van der Waals surface area contributed by atoms with Crippen LogP contribution in [0.2, 0.25) is 0 Å². The molecule has 0 aromatic heterocycles.